The van der Waals surface area contributed by atoms with E-state index < -0.39 is 13.8 Å². The Kier molecular flexibility index (Phi) is 4.58. The lowest BCUT2D eigenvalue weighted by Crippen LogP contribution is -2.29. The largest absolute Gasteiger partial charge is 0.493 e. The lowest BCUT2D eigenvalue weighted by atomic mass is 9.80. The highest BCUT2D eigenvalue weighted by Crippen LogP contribution is 2.15. The third kappa shape index (κ3) is 3.53. The van der Waals surface area contributed by atoms with Gasteiger partial charge in [-0.2, -0.15) is 0 Å². The van der Waals surface area contributed by atoms with Gasteiger partial charge in [0.15, 0.2) is 0 Å². The Labute approximate surface area is 88.7 Å². The first kappa shape index (κ1) is 12.0. The number of ether oxygens (including phenoxy) is 1. The Morgan fingerprint density at radius 2 is 2.13 bits per heavy atom. The lowest BCUT2D eigenvalue weighted by Gasteiger charge is -2.09. The maximum atomic E-state index is 11.8. The van der Waals surface area contributed by atoms with Gasteiger partial charge in [-0.1, -0.05) is 12.1 Å². The number of hydrogen-bond donors (Lipinski definition) is 2. The van der Waals surface area contributed by atoms with Crippen LogP contribution in [0.25, 0.3) is 0 Å². The number of rotatable bonds is 5. The average Bonchev–Trinajstić information content (AvgIpc) is 2.20. The van der Waals surface area contributed by atoms with Crippen molar-refractivity contribution in [1.82, 2.24) is 0 Å². The molecule has 0 radical (unpaired) electrons. The molecule has 0 saturated heterocycles. The molecule has 5 heteroatoms. The minimum atomic E-state index is -1.51. The number of aryl methyl sites for hydroxylation is 1. The second-order valence-electron chi connectivity index (χ2n) is 3.29. The molecule has 3 nitrogen and oxygen atoms in total. The number of benzene rings is 1. The zero-order valence-corrected chi connectivity index (χ0v) is 8.61. The molecule has 0 amide bonds. The van der Waals surface area contributed by atoms with Crippen molar-refractivity contribution in [2.45, 2.75) is 13.3 Å². The van der Waals surface area contributed by atoms with Crippen molar-refractivity contribution < 1.29 is 19.2 Å². The predicted octanol–water partition coefficient (Wildman–Crippen LogP) is 0.413. The summed E-state index contributed by atoms with van der Waals surface area (Å²) in [4.78, 5) is 0. The number of hydrogen-bond acceptors (Lipinski definition) is 3. The minimum Gasteiger partial charge on any atom is -0.493 e. The molecule has 0 unspecified atom stereocenters. The van der Waals surface area contributed by atoms with E-state index in [0.717, 1.165) is 5.56 Å². The zero-order valence-electron chi connectivity index (χ0n) is 8.61. The van der Waals surface area contributed by atoms with Gasteiger partial charge in [-0.05, 0) is 24.0 Å². The van der Waals surface area contributed by atoms with Crippen molar-refractivity contribution in [3.05, 3.63) is 23.8 Å². The topological polar surface area (TPSA) is 49.7 Å². The molecule has 0 aromatic heterocycles. The molecular formula is C10H14BFO3. The molecule has 1 aromatic rings. The van der Waals surface area contributed by atoms with E-state index >= 15 is 0 Å². The molecule has 0 heterocycles. The van der Waals surface area contributed by atoms with Gasteiger partial charge in [0, 0.05) is 6.42 Å². The molecule has 0 aliphatic carbocycles. The van der Waals surface area contributed by atoms with Gasteiger partial charge in [0.05, 0.1) is 13.3 Å². The van der Waals surface area contributed by atoms with Crippen molar-refractivity contribution in [1.29, 1.82) is 0 Å². The van der Waals surface area contributed by atoms with Crippen LogP contribution in [0.4, 0.5) is 4.39 Å². The fourth-order valence-corrected chi connectivity index (χ4v) is 1.17. The summed E-state index contributed by atoms with van der Waals surface area (Å²) in [6.45, 7) is 1.72. The quantitative estimate of drug-likeness (QED) is 0.549. The highest BCUT2D eigenvalue weighted by atomic mass is 19.1. The Balaban J connectivity index is 2.72. The Morgan fingerprint density at radius 1 is 1.40 bits per heavy atom. The third-order valence-electron chi connectivity index (χ3n) is 2.05. The molecule has 0 bridgehead atoms. The monoisotopic (exact) mass is 212 g/mol. The van der Waals surface area contributed by atoms with Crippen LogP contribution in [0, 0.1) is 6.92 Å². The Morgan fingerprint density at radius 3 is 2.73 bits per heavy atom. The molecule has 0 fully saturated rings. The molecule has 0 aliphatic rings. The second-order valence-corrected chi connectivity index (χ2v) is 3.29. The summed E-state index contributed by atoms with van der Waals surface area (Å²) in [5.41, 5.74) is 1.26. The van der Waals surface area contributed by atoms with E-state index in [4.69, 9.17) is 14.8 Å². The van der Waals surface area contributed by atoms with Crippen molar-refractivity contribution in [2.24, 2.45) is 0 Å². The van der Waals surface area contributed by atoms with E-state index in [9.17, 15) is 4.39 Å². The van der Waals surface area contributed by atoms with Crippen LogP contribution in [-0.4, -0.2) is 30.4 Å². The first-order chi connectivity index (χ1) is 7.15. The van der Waals surface area contributed by atoms with E-state index in [0.29, 0.717) is 24.2 Å². The van der Waals surface area contributed by atoms with Crippen LogP contribution < -0.4 is 10.2 Å². The smallest absolute Gasteiger partial charge is 0.488 e. The maximum absolute atomic E-state index is 11.8. The van der Waals surface area contributed by atoms with Gasteiger partial charge in [0.2, 0.25) is 0 Å². The van der Waals surface area contributed by atoms with E-state index in [1.807, 2.05) is 6.92 Å². The summed E-state index contributed by atoms with van der Waals surface area (Å²) in [5.74, 6) is 0.564. The van der Waals surface area contributed by atoms with Crippen molar-refractivity contribution in [2.75, 3.05) is 13.3 Å². The number of alkyl halides is 1. The molecule has 2 N–H and O–H groups in total. The van der Waals surface area contributed by atoms with Crippen LogP contribution in [0.2, 0.25) is 0 Å². The van der Waals surface area contributed by atoms with Gasteiger partial charge in [-0.3, -0.25) is 4.39 Å². The SMILES string of the molecule is Cc1ccc(B(O)O)cc1OCCCF. The molecule has 0 saturated carbocycles. The fourth-order valence-electron chi connectivity index (χ4n) is 1.17. The summed E-state index contributed by atoms with van der Waals surface area (Å²) >= 11 is 0. The molecular weight excluding hydrogens is 198 g/mol. The normalized spacial score (nSPS) is 10.1. The standard InChI is InChI=1S/C10H14BFO3/c1-8-3-4-9(11(13)14)7-10(8)15-6-2-5-12/h3-4,7,13-14H,2,5-6H2,1H3. The van der Waals surface area contributed by atoms with Crippen LogP contribution >= 0.6 is 0 Å². The molecule has 0 spiro atoms. The van der Waals surface area contributed by atoms with Crippen molar-refractivity contribution in [3.63, 3.8) is 0 Å². The predicted molar refractivity (Wildman–Crippen MR) is 57.1 cm³/mol. The van der Waals surface area contributed by atoms with Crippen LogP contribution in [0.1, 0.15) is 12.0 Å². The van der Waals surface area contributed by atoms with E-state index in [1.165, 1.54) is 0 Å². The van der Waals surface area contributed by atoms with Crippen molar-refractivity contribution in [3.8, 4) is 5.75 Å². The van der Waals surface area contributed by atoms with Gasteiger partial charge in [0.25, 0.3) is 0 Å². The van der Waals surface area contributed by atoms with Crippen LogP contribution in [0.3, 0.4) is 0 Å². The van der Waals surface area contributed by atoms with Gasteiger partial charge >= 0.3 is 7.12 Å². The van der Waals surface area contributed by atoms with E-state index in [2.05, 4.69) is 0 Å². The Bertz CT molecular complexity index is 318. The van der Waals surface area contributed by atoms with E-state index in [-0.39, 0.29) is 0 Å². The molecule has 1 aromatic carbocycles. The lowest BCUT2D eigenvalue weighted by molar-refractivity contribution is 0.288. The molecule has 82 valence electrons. The third-order valence-corrected chi connectivity index (χ3v) is 2.05. The molecule has 0 atom stereocenters. The first-order valence-electron chi connectivity index (χ1n) is 4.80. The van der Waals surface area contributed by atoms with Crippen LogP contribution in [-0.2, 0) is 0 Å². The fraction of sp³-hybridized carbons (Fsp3) is 0.400. The molecule has 15 heavy (non-hydrogen) atoms. The zero-order chi connectivity index (χ0) is 11.3. The van der Waals surface area contributed by atoms with Gasteiger partial charge in [0.1, 0.15) is 5.75 Å². The highest BCUT2D eigenvalue weighted by Gasteiger charge is 2.12. The summed E-state index contributed by atoms with van der Waals surface area (Å²) in [6.07, 6.45) is 0.339. The summed E-state index contributed by atoms with van der Waals surface area (Å²) < 4.78 is 17.1. The second kappa shape index (κ2) is 5.73. The summed E-state index contributed by atoms with van der Waals surface area (Å²) in [6, 6.07) is 4.90. The molecule has 1 rings (SSSR count). The first-order valence-corrected chi connectivity index (χ1v) is 4.80. The van der Waals surface area contributed by atoms with Gasteiger partial charge in [-0.25, -0.2) is 0 Å². The maximum Gasteiger partial charge on any atom is 0.488 e. The van der Waals surface area contributed by atoms with E-state index in [1.54, 1.807) is 18.2 Å². The van der Waals surface area contributed by atoms with Gasteiger partial charge < -0.3 is 14.8 Å². The molecule has 0 aliphatic heterocycles. The highest BCUT2D eigenvalue weighted by molar-refractivity contribution is 6.58. The minimum absolute atomic E-state index is 0.294. The van der Waals surface area contributed by atoms with Gasteiger partial charge in [-0.15, -0.1) is 0 Å². The Hall–Kier alpha value is -1.07. The van der Waals surface area contributed by atoms with Crippen LogP contribution in [0.15, 0.2) is 18.2 Å². The number of halogens is 1. The average molecular weight is 212 g/mol. The van der Waals surface area contributed by atoms with Crippen LogP contribution in [0.5, 0.6) is 5.75 Å². The summed E-state index contributed by atoms with van der Waals surface area (Å²) in [7, 11) is -1.51. The summed E-state index contributed by atoms with van der Waals surface area (Å²) in [5, 5.41) is 17.9. The van der Waals surface area contributed by atoms with Crippen molar-refractivity contribution >= 4 is 12.6 Å².